The Kier molecular flexibility index (Phi) is 6.64. The summed E-state index contributed by atoms with van der Waals surface area (Å²) in [5.74, 6) is -0.539. The van der Waals surface area contributed by atoms with Crippen LogP contribution in [0.1, 0.15) is 0 Å². The molecule has 0 aliphatic carbocycles. The first-order valence-corrected chi connectivity index (χ1v) is 13.2. The highest BCUT2D eigenvalue weighted by Gasteiger charge is 2.41. The highest BCUT2D eigenvalue weighted by molar-refractivity contribution is 7.99. The van der Waals surface area contributed by atoms with E-state index in [-0.39, 0.29) is 18.1 Å². The third-order valence-corrected chi connectivity index (χ3v) is 8.50. The molecule has 190 valence electrons. The Bertz CT molecular complexity index is 1310. The van der Waals surface area contributed by atoms with Crippen LogP contribution in [0.3, 0.4) is 0 Å². The minimum atomic E-state index is -4.89. The molecule has 2 N–H and O–H groups in total. The highest BCUT2D eigenvalue weighted by Crippen LogP contribution is 2.49. The smallest absolute Gasteiger partial charge is 0.406 e. The van der Waals surface area contributed by atoms with Gasteiger partial charge < -0.3 is 19.5 Å². The van der Waals surface area contributed by atoms with Crippen LogP contribution in [0.2, 0.25) is 0 Å². The number of ether oxygens (including phenoxy) is 2. The van der Waals surface area contributed by atoms with Crippen molar-refractivity contribution >= 4 is 33.2 Å². The molecule has 2 aliphatic heterocycles. The van der Waals surface area contributed by atoms with E-state index < -0.39 is 40.3 Å². The van der Waals surface area contributed by atoms with Gasteiger partial charge in [0.05, 0.1) is 47.7 Å². The maximum Gasteiger partial charge on any atom is 0.573 e. The number of para-hydroxylation sites is 2. The van der Waals surface area contributed by atoms with E-state index >= 15 is 0 Å². The standard InChI is InChI=1S/C24H21F3N2O5S2/c25-24(26,27)34-15-9-11-16(12-10-15)36(31,32)28-17-13-33-14-20(23(17)30)29-18-5-1-3-7-21(18)35-22-8-4-2-6-19(22)29/h1-12,17,20,23,28,30H,13-14H2/t17?,20-,23-/m0/s1. The van der Waals surface area contributed by atoms with Crippen LogP contribution in [0.4, 0.5) is 24.5 Å². The summed E-state index contributed by atoms with van der Waals surface area (Å²) in [6, 6.07) is 17.7. The molecule has 0 spiro atoms. The van der Waals surface area contributed by atoms with Crippen LogP contribution in [-0.4, -0.2) is 51.3 Å². The summed E-state index contributed by atoms with van der Waals surface area (Å²) in [4.78, 5) is 3.69. The summed E-state index contributed by atoms with van der Waals surface area (Å²) >= 11 is 1.61. The van der Waals surface area contributed by atoms with E-state index in [1.165, 1.54) is 0 Å². The van der Waals surface area contributed by atoms with E-state index in [0.29, 0.717) is 0 Å². The predicted molar refractivity (Wildman–Crippen MR) is 127 cm³/mol. The molecular weight excluding hydrogens is 517 g/mol. The number of alkyl halides is 3. The van der Waals surface area contributed by atoms with E-state index in [4.69, 9.17) is 4.74 Å². The number of rotatable bonds is 5. The van der Waals surface area contributed by atoms with Gasteiger partial charge in [0, 0.05) is 9.79 Å². The molecule has 7 nitrogen and oxygen atoms in total. The number of benzene rings is 3. The van der Waals surface area contributed by atoms with Crippen molar-refractivity contribution in [3.05, 3.63) is 72.8 Å². The first kappa shape index (κ1) is 24.9. The van der Waals surface area contributed by atoms with Gasteiger partial charge in [-0.1, -0.05) is 36.0 Å². The number of sulfonamides is 1. The molecule has 3 atom stereocenters. The maximum absolute atomic E-state index is 13.0. The first-order chi connectivity index (χ1) is 17.1. The molecule has 2 heterocycles. The third-order valence-electron chi connectivity index (χ3n) is 5.87. The lowest BCUT2D eigenvalue weighted by molar-refractivity contribution is -0.274. The van der Waals surface area contributed by atoms with Crippen molar-refractivity contribution in [2.75, 3.05) is 18.1 Å². The Morgan fingerprint density at radius 1 is 0.944 bits per heavy atom. The highest BCUT2D eigenvalue weighted by atomic mass is 32.2. The third kappa shape index (κ3) is 5.04. The SMILES string of the molecule is O=S(=O)(NC1COC[C@H](N2c3ccccc3Sc3ccccc32)[C@H]1O)c1ccc(OC(F)(F)F)cc1. The molecule has 0 saturated carbocycles. The number of aliphatic hydroxyl groups excluding tert-OH is 1. The fraction of sp³-hybridized carbons (Fsp3) is 0.250. The first-order valence-electron chi connectivity index (χ1n) is 10.9. The Morgan fingerprint density at radius 3 is 2.11 bits per heavy atom. The number of aliphatic hydroxyl groups is 1. The van der Waals surface area contributed by atoms with Crippen molar-refractivity contribution in [3.63, 3.8) is 0 Å². The minimum absolute atomic E-state index is 0.0714. The quantitative estimate of drug-likeness (QED) is 0.501. The molecule has 36 heavy (non-hydrogen) atoms. The van der Waals surface area contributed by atoms with Crippen LogP contribution in [0, 0.1) is 0 Å². The second kappa shape index (κ2) is 9.60. The van der Waals surface area contributed by atoms with E-state index in [1.807, 2.05) is 53.4 Å². The van der Waals surface area contributed by atoms with Gasteiger partial charge in [0.1, 0.15) is 5.75 Å². The van der Waals surface area contributed by atoms with Gasteiger partial charge in [0.2, 0.25) is 10.0 Å². The van der Waals surface area contributed by atoms with Crippen molar-refractivity contribution in [3.8, 4) is 5.75 Å². The summed E-state index contributed by atoms with van der Waals surface area (Å²) in [6.07, 6.45) is -6.04. The zero-order valence-corrected chi connectivity index (χ0v) is 20.2. The van der Waals surface area contributed by atoms with Gasteiger partial charge in [-0.25, -0.2) is 13.1 Å². The molecule has 1 saturated heterocycles. The zero-order valence-electron chi connectivity index (χ0n) is 18.6. The second-order valence-electron chi connectivity index (χ2n) is 8.25. The van der Waals surface area contributed by atoms with Crippen molar-refractivity contribution in [2.24, 2.45) is 0 Å². The molecule has 3 aromatic rings. The number of halogens is 3. The summed E-state index contributed by atoms with van der Waals surface area (Å²) in [5.41, 5.74) is 1.75. The number of hydrogen-bond donors (Lipinski definition) is 2. The van der Waals surface area contributed by atoms with E-state index in [9.17, 15) is 26.7 Å². The molecule has 2 aliphatic rings. The molecule has 0 amide bonds. The van der Waals surface area contributed by atoms with Gasteiger partial charge in [-0.3, -0.25) is 0 Å². The number of fused-ring (bicyclic) bond motifs is 2. The van der Waals surface area contributed by atoms with Crippen molar-refractivity contribution in [1.29, 1.82) is 0 Å². The predicted octanol–water partition coefficient (Wildman–Crippen LogP) is 4.29. The lowest BCUT2D eigenvalue weighted by atomic mass is 9.99. The summed E-state index contributed by atoms with van der Waals surface area (Å²) in [5, 5.41) is 11.3. The molecule has 0 aromatic heterocycles. The van der Waals surface area contributed by atoms with Gasteiger partial charge in [-0.15, -0.1) is 13.2 Å². The molecule has 5 rings (SSSR count). The Morgan fingerprint density at radius 2 is 1.53 bits per heavy atom. The van der Waals surface area contributed by atoms with Crippen LogP contribution in [0.25, 0.3) is 0 Å². The van der Waals surface area contributed by atoms with Gasteiger partial charge in [0.25, 0.3) is 0 Å². The van der Waals surface area contributed by atoms with Crippen LogP contribution >= 0.6 is 11.8 Å². The molecule has 1 unspecified atom stereocenters. The molecule has 12 heteroatoms. The van der Waals surface area contributed by atoms with Gasteiger partial charge in [0.15, 0.2) is 0 Å². The normalized spacial score (nSPS) is 22.0. The van der Waals surface area contributed by atoms with Crippen LogP contribution in [0.15, 0.2) is 87.5 Å². The fourth-order valence-corrected chi connectivity index (χ4v) is 6.60. The van der Waals surface area contributed by atoms with E-state index in [2.05, 4.69) is 9.46 Å². The summed E-state index contributed by atoms with van der Waals surface area (Å²) in [6.45, 7) is 0.0915. The largest absolute Gasteiger partial charge is 0.573 e. The Hall–Kier alpha value is -2.77. The van der Waals surface area contributed by atoms with Crippen molar-refractivity contribution in [1.82, 2.24) is 4.72 Å². The molecule has 1 fully saturated rings. The Labute approximate surface area is 209 Å². The van der Waals surface area contributed by atoms with E-state index in [1.54, 1.807) is 11.8 Å². The number of hydrogen-bond acceptors (Lipinski definition) is 7. The monoisotopic (exact) mass is 538 g/mol. The lowest BCUT2D eigenvalue weighted by Gasteiger charge is -2.44. The van der Waals surface area contributed by atoms with Gasteiger partial charge in [-0.2, -0.15) is 0 Å². The second-order valence-corrected chi connectivity index (χ2v) is 11.0. The number of nitrogens with zero attached hydrogens (tertiary/aromatic N) is 1. The van der Waals surface area contributed by atoms with Crippen molar-refractivity contribution in [2.45, 2.75) is 39.2 Å². The maximum atomic E-state index is 13.0. The number of nitrogens with one attached hydrogen (secondary N) is 1. The fourth-order valence-electron chi connectivity index (χ4n) is 4.29. The Balaban J connectivity index is 1.39. The van der Waals surface area contributed by atoms with Crippen LogP contribution in [-0.2, 0) is 14.8 Å². The number of anilines is 2. The average molecular weight is 539 g/mol. The minimum Gasteiger partial charge on any atom is -0.406 e. The van der Waals surface area contributed by atoms with Crippen LogP contribution < -0.4 is 14.4 Å². The van der Waals surface area contributed by atoms with Gasteiger partial charge in [-0.05, 0) is 48.5 Å². The summed E-state index contributed by atoms with van der Waals surface area (Å²) < 4.78 is 75.1. The molecule has 0 radical (unpaired) electrons. The topological polar surface area (TPSA) is 88.1 Å². The lowest BCUT2D eigenvalue weighted by Crippen LogP contribution is -2.60. The average Bonchev–Trinajstić information content (AvgIpc) is 2.83. The summed E-state index contributed by atoms with van der Waals surface area (Å²) in [7, 11) is -4.18. The zero-order chi connectivity index (χ0) is 25.5. The molecular formula is C24H21F3N2O5S2. The van der Waals surface area contributed by atoms with Crippen LogP contribution in [0.5, 0.6) is 5.75 Å². The molecule has 3 aromatic carbocycles. The van der Waals surface area contributed by atoms with Gasteiger partial charge >= 0.3 is 6.36 Å². The molecule has 0 bridgehead atoms. The van der Waals surface area contributed by atoms with Crippen molar-refractivity contribution < 1.29 is 36.2 Å². The van der Waals surface area contributed by atoms with E-state index in [0.717, 1.165) is 45.4 Å².